The van der Waals surface area contributed by atoms with Crippen LogP contribution in [-0.2, 0) is 5.41 Å². The zero-order chi connectivity index (χ0) is 44.2. The fraction of sp³-hybridized carbons (Fsp3) is 0.0476. The van der Waals surface area contributed by atoms with Crippen molar-refractivity contribution in [1.82, 2.24) is 0 Å². The molecule has 1 aliphatic carbocycles. The van der Waals surface area contributed by atoms with E-state index >= 15 is 0 Å². The van der Waals surface area contributed by atoms with Gasteiger partial charge in [0.05, 0.1) is 5.69 Å². The first kappa shape index (κ1) is 39.6. The van der Waals surface area contributed by atoms with Crippen LogP contribution in [0.1, 0.15) is 25.0 Å². The monoisotopic (exact) mass is 862 g/mol. The highest BCUT2D eigenvalue weighted by Gasteiger charge is 2.37. The van der Waals surface area contributed by atoms with E-state index in [1.165, 1.54) is 76.5 Å². The SMILES string of the molecule is CC1(C)c2cc(N(c3ccccc3)c3ccc(-c4ccc(-c5ccccc5)cc4)cc3)ccc2-c2ccc(N(c3ccc(-c4csc5ccccc45)cc3)c3cccc4ccccc34)cc21. The molecule has 0 atom stereocenters. The highest BCUT2D eigenvalue weighted by molar-refractivity contribution is 7.17. The van der Waals surface area contributed by atoms with Crippen molar-refractivity contribution in [3.63, 3.8) is 0 Å². The molecule has 11 aromatic rings. The van der Waals surface area contributed by atoms with E-state index in [1.807, 2.05) is 0 Å². The van der Waals surface area contributed by atoms with Gasteiger partial charge in [-0.15, -0.1) is 11.3 Å². The minimum absolute atomic E-state index is 0.261. The standard InChI is InChI=1S/C63H46N2S/c1-63(2)59-40-52(64(49-18-7-4-8-19-49)50-32-28-46(29-33-50)45-26-24-44(25-27-45)43-14-5-3-6-15-43)36-38-55(59)56-39-37-53(41-60(56)63)65(61-22-13-17-47-16-9-10-20-54(47)61)51-34-30-48(31-35-51)58-42-66-62-23-12-11-21-57(58)62/h3-42H,1-2H3. The number of anilines is 6. The van der Waals surface area contributed by atoms with Crippen LogP contribution in [0.25, 0.3) is 65.4 Å². The summed E-state index contributed by atoms with van der Waals surface area (Å²) in [6.45, 7) is 4.77. The lowest BCUT2D eigenvalue weighted by Crippen LogP contribution is -2.17. The molecule has 66 heavy (non-hydrogen) atoms. The van der Waals surface area contributed by atoms with Crippen LogP contribution in [0.15, 0.2) is 242 Å². The third-order valence-electron chi connectivity index (χ3n) is 13.5. The van der Waals surface area contributed by atoms with Crippen LogP contribution >= 0.6 is 11.3 Å². The second-order valence-electron chi connectivity index (χ2n) is 17.8. The Balaban J connectivity index is 0.909. The van der Waals surface area contributed by atoms with Crippen LogP contribution in [0, 0.1) is 0 Å². The van der Waals surface area contributed by atoms with E-state index in [2.05, 4.69) is 266 Å². The van der Waals surface area contributed by atoms with Crippen LogP contribution in [0.4, 0.5) is 34.1 Å². The highest BCUT2D eigenvalue weighted by Crippen LogP contribution is 2.53. The second kappa shape index (κ2) is 16.2. The Morgan fingerprint density at radius 2 is 0.788 bits per heavy atom. The molecule has 0 amide bonds. The zero-order valence-corrected chi connectivity index (χ0v) is 37.7. The first-order chi connectivity index (χ1) is 32.5. The van der Waals surface area contributed by atoms with Crippen LogP contribution in [0.3, 0.4) is 0 Å². The van der Waals surface area contributed by atoms with Gasteiger partial charge in [0.25, 0.3) is 0 Å². The van der Waals surface area contributed by atoms with Gasteiger partial charge < -0.3 is 9.80 Å². The molecule has 0 spiro atoms. The van der Waals surface area contributed by atoms with Crippen LogP contribution in [0.2, 0.25) is 0 Å². The van der Waals surface area contributed by atoms with Crippen molar-refractivity contribution >= 4 is 66.3 Å². The van der Waals surface area contributed by atoms with Gasteiger partial charge in [0.2, 0.25) is 0 Å². The predicted octanol–water partition coefficient (Wildman–Crippen LogP) is 18.3. The highest BCUT2D eigenvalue weighted by atomic mass is 32.1. The lowest BCUT2D eigenvalue weighted by atomic mass is 9.82. The molecule has 10 aromatic carbocycles. The number of thiophene rings is 1. The van der Waals surface area contributed by atoms with Gasteiger partial charge in [-0.25, -0.2) is 0 Å². The third-order valence-corrected chi connectivity index (χ3v) is 14.5. The molecule has 314 valence electrons. The third kappa shape index (κ3) is 6.88. The summed E-state index contributed by atoms with van der Waals surface area (Å²) in [4.78, 5) is 4.83. The number of para-hydroxylation sites is 1. The molecule has 1 aromatic heterocycles. The summed E-state index contributed by atoms with van der Waals surface area (Å²) >= 11 is 1.81. The van der Waals surface area contributed by atoms with Gasteiger partial charge in [-0.05, 0) is 134 Å². The Bertz CT molecular complexity index is 3530. The molecule has 2 nitrogen and oxygen atoms in total. The maximum Gasteiger partial charge on any atom is 0.0540 e. The molecule has 12 rings (SSSR count). The van der Waals surface area contributed by atoms with Crippen molar-refractivity contribution < 1.29 is 0 Å². The second-order valence-corrected chi connectivity index (χ2v) is 18.7. The molecule has 0 saturated carbocycles. The van der Waals surface area contributed by atoms with Crippen molar-refractivity contribution in [1.29, 1.82) is 0 Å². The van der Waals surface area contributed by atoms with E-state index in [0.29, 0.717) is 0 Å². The minimum Gasteiger partial charge on any atom is -0.310 e. The van der Waals surface area contributed by atoms with E-state index in [9.17, 15) is 0 Å². The van der Waals surface area contributed by atoms with Crippen LogP contribution < -0.4 is 9.80 Å². The van der Waals surface area contributed by atoms with Crippen molar-refractivity contribution in [2.24, 2.45) is 0 Å². The number of rotatable bonds is 9. The summed E-state index contributed by atoms with van der Waals surface area (Å²) in [6, 6.07) is 86.5. The summed E-state index contributed by atoms with van der Waals surface area (Å²) in [5, 5.41) is 6.03. The lowest BCUT2D eigenvalue weighted by molar-refractivity contribution is 0.660. The number of benzene rings is 10. The Labute approximate surface area is 391 Å². The van der Waals surface area contributed by atoms with Crippen molar-refractivity contribution in [3.8, 4) is 44.5 Å². The molecule has 0 aliphatic heterocycles. The first-order valence-corrected chi connectivity index (χ1v) is 23.6. The average molecular weight is 863 g/mol. The number of hydrogen-bond acceptors (Lipinski definition) is 3. The van der Waals surface area contributed by atoms with Crippen molar-refractivity contribution in [2.45, 2.75) is 19.3 Å². The summed E-state index contributed by atoms with van der Waals surface area (Å²) in [5.74, 6) is 0. The summed E-state index contributed by atoms with van der Waals surface area (Å²) < 4.78 is 1.31. The molecule has 0 saturated heterocycles. The average Bonchev–Trinajstić information content (AvgIpc) is 3.91. The molecule has 1 aliphatic rings. The van der Waals surface area contributed by atoms with E-state index in [0.717, 1.165) is 34.1 Å². The quantitative estimate of drug-likeness (QED) is 0.143. The molecule has 0 bridgehead atoms. The van der Waals surface area contributed by atoms with E-state index in [1.54, 1.807) is 11.3 Å². The normalized spacial score (nSPS) is 12.5. The number of nitrogens with zero attached hydrogens (tertiary/aromatic N) is 2. The van der Waals surface area contributed by atoms with Crippen molar-refractivity contribution in [2.75, 3.05) is 9.80 Å². The smallest absolute Gasteiger partial charge is 0.0540 e. The fourth-order valence-corrected chi connectivity index (χ4v) is 11.1. The van der Waals surface area contributed by atoms with Gasteiger partial charge in [-0.2, -0.15) is 0 Å². The van der Waals surface area contributed by atoms with Gasteiger partial charge >= 0.3 is 0 Å². The molecular weight excluding hydrogens is 817 g/mol. The number of fused-ring (bicyclic) bond motifs is 5. The van der Waals surface area contributed by atoms with Gasteiger partial charge in [0.15, 0.2) is 0 Å². The number of hydrogen-bond donors (Lipinski definition) is 0. The molecule has 0 fully saturated rings. The largest absolute Gasteiger partial charge is 0.310 e. The molecule has 0 N–H and O–H groups in total. The van der Waals surface area contributed by atoms with E-state index in [4.69, 9.17) is 0 Å². The topological polar surface area (TPSA) is 6.48 Å². The first-order valence-electron chi connectivity index (χ1n) is 22.7. The molecule has 3 heteroatoms. The van der Waals surface area contributed by atoms with E-state index in [-0.39, 0.29) is 5.41 Å². The Morgan fingerprint density at radius 1 is 0.333 bits per heavy atom. The van der Waals surface area contributed by atoms with Gasteiger partial charge in [0, 0.05) is 54.9 Å². The van der Waals surface area contributed by atoms with E-state index < -0.39 is 0 Å². The summed E-state index contributed by atoms with van der Waals surface area (Å²) in [7, 11) is 0. The summed E-state index contributed by atoms with van der Waals surface area (Å²) in [5.41, 5.74) is 19.1. The molecule has 0 unspecified atom stereocenters. The molecular formula is C63H46N2S. The van der Waals surface area contributed by atoms with Crippen molar-refractivity contribution in [3.05, 3.63) is 253 Å². The Morgan fingerprint density at radius 3 is 1.44 bits per heavy atom. The van der Waals surface area contributed by atoms with Gasteiger partial charge in [-0.1, -0.05) is 178 Å². The maximum atomic E-state index is 2.45. The lowest BCUT2D eigenvalue weighted by Gasteiger charge is -2.30. The zero-order valence-electron chi connectivity index (χ0n) is 36.9. The van der Waals surface area contributed by atoms with Gasteiger partial charge in [0.1, 0.15) is 0 Å². The molecule has 0 radical (unpaired) electrons. The maximum absolute atomic E-state index is 2.45. The van der Waals surface area contributed by atoms with Gasteiger partial charge in [-0.3, -0.25) is 0 Å². The fourth-order valence-electron chi connectivity index (χ4n) is 10.1. The molecule has 1 heterocycles. The Hall–Kier alpha value is -7.98. The Kier molecular flexibility index (Phi) is 9.73. The predicted molar refractivity (Wildman–Crippen MR) is 283 cm³/mol. The van der Waals surface area contributed by atoms with Crippen LogP contribution in [-0.4, -0.2) is 0 Å². The minimum atomic E-state index is -0.261. The summed E-state index contributed by atoms with van der Waals surface area (Å²) in [6.07, 6.45) is 0. The van der Waals surface area contributed by atoms with Crippen LogP contribution in [0.5, 0.6) is 0 Å².